The predicted octanol–water partition coefficient (Wildman–Crippen LogP) is 4.04. The Kier molecular flexibility index (Phi) is 4.35. The molecular weight excluding hydrogens is 283 g/mol. The van der Waals surface area contributed by atoms with Gasteiger partial charge in [0.25, 0.3) is 10.5 Å². The van der Waals surface area contributed by atoms with E-state index < -0.39 is 10.5 Å². The summed E-state index contributed by atoms with van der Waals surface area (Å²) in [6, 6.07) is 14.3. The fourth-order valence-corrected chi connectivity index (χ4v) is 2.17. The Labute approximate surface area is 121 Å². The summed E-state index contributed by atoms with van der Waals surface area (Å²) in [6.07, 6.45) is 0.520. The molecule has 4 heteroatoms. The van der Waals surface area contributed by atoms with Crippen LogP contribution in [0.5, 0.6) is 0 Å². The van der Waals surface area contributed by atoms with Crippen LogP contribution in [0, 0.1) is 0 Å². The molecule has 0 atom stereocenters. The Morgan fingerprint density at radius 3 is 2.16 bits per heavy atom. The minimum Gasteiger partial charge on any atom is -0.276 e. The molecule has 2 nitrogen and oxygen atoms in total. The van der Waals surface area contributed by atoms with E-state index >= 15 is 0 Å². The fraction of sp³-hybridized carbons (Fsp3) is 0.0667. The molecule has 0 unspecified atom stereocenters. The lowest BCUT2D eigenvalue weighted by Gasteiger charge is -2.08. The van der Waals surface area contributed by atoms with Crippen molar-refractivity contribution < 1.29 is 9.59 Å². The second kappa shape index (κ2) is 6.00. The highest BCUT2D eigenvalue weighted by atomic mass is 35.5. The van der Waals surface area contributed by atoms with Crippen molar-refractivity contribution in [3.05, 3.63) is 70.8 Å². The Bertz CT molecular complexity index is 621. The first-order valence-corrected chi connectivity index (χ1v) is 6.40. The SMILES string of the molecule is O=C(Cl)c1ccc(C(=O)Cl)c(Cc2ccccc2)c1. The van der Waals surface area contributed by atoms with Gasteiger partial charge in [0.1, 0.15) is 0 Å². The summed E-state index contributed by atoms with van der Waals surface area (Å²) >= 11 is 11.0. The summed E-state index contributed by atoms with van der Waals surface area (Å²) < 4.78 is 0. The monoisotopic (exact) mass is 292 g/mol. The number of halogens is 2. The van der Waals surface area contributed by atoms with Gasteiger partial charge in [0.05, 0.1) is 0 Å². The van der Waals surface area contributed by atoms with Crippen LogP contribution in [0.1, 0.15) is 31.8 Å². The minimum atomic E-state index is -0.553. The van der Waals surface area contributed by atoms with Crippen LogP contribution >= 0.6 is 23.2 Å². The normalized spacial score (nSPS) is 10.2. The molecule has 2 aromatic carbocycles. The van der Waals surface area contributed by atoms with Crippen LogP contribution < -0.4 is 0 Å². The van der Waals surface area contributed by atoms with Crippen LogP contribution in [0.25, 0.3) is 0 Å². The van der Waals surface area contributed by atoms with E-state index in [1.807, 2.05) is 30.3 Å². The Morgan fingerprint density at radius 1 is 0.895 bits per heavy atom. The van der Waals surface area contributed by atoms with E-state index in [0.29, 0.717) is 23.1 Å². The standard InChI is InChI=1S/C15H10Cl2O2/c16-14(18)11-6-7-13(15(17)19)12(9-11)8-10-4-2-1-3-5-10/h1-7,9H,8H2. The molecule has 0 aliphatic heterocycles. The quantitative estimate of drug-likeness (QED) is 0.797. The second-order valence-electron chi connectivity index (χ2n) is 4.08. The minimum absolute atomic E-state index is 0.356. The summed E-state index contributed by atoms with van der Waals surface area (Å²) in [5, 5.41) is -1.10. The molecule has 0 bridgehead atoms. The first kappa shape index (κ1) is 13.8. The lowest BCUT2D eigenvalue weighted by Crippen LogP contribution is -2.01. The Balaban J connectivity index is 2.43. The average Bonchev–Trinajstić information content (AvgIpc) is 2.39. The highest BCUT2D eigenvalue weighted by Crippen LogP contribution is 2.19. The van der Waals surface area contributed by atoms with E-state index in [0.717, 1.165) is 5.56 Å². The Hall–Kier alpha value is -1.64. The maximum Gasteiger partial charge on any atom is 0.252 e. The lowest BCUT2D eigenvalue weighted by atomic mass is 9.98. The fourth-order valence-electron chi connectivity index (χ4n) is 1.87. The van der Waals surface area contributed by atoms with Crippen molar-refractivity contribution in [1.82, 2.24) is 0 Å². The predicted molar refractivity (Wildman–Crippen MR) is 76.1 cm³/mol. The summed E-state index contributed by atoms with van der Waals surface area (Å²) in [5.41, 5.74) is 2.47. The molecule has 0 aromatic heterocycles. The molecule has 0 fully saturated rings. The van der Waals surface area contributed by atoms with E-state index in [4.69, 9.17) is 23.2 Å². The molecule has 0 saturated heterocycles. The second-order valence-corrected chi connectivity index (χ2v) is 4.77. The summed E-state index contributed by atoms with van der Waals surface area (Å²) in [7, 11) is 0. The van der Waals surface area contributed by atoms with E-state index in [1.165, 1.54) is 12.1 Å². The number of carbonyl (C=O) groups excluding carboxylic acids is 2. The number of hydrogen-bond donors (Lipinski definition) is 0. The lowest BCUT2D eigenvalue weighted by molar-refractivity contribution is 0.106. The van der Waals surface area contributed by atoms with Gasteiger partial charge in [-0.05, 0) is 58.9 Å². The van der Waals surface area contributed by atoms with E-state index in [1.54, 1.807) is 6.07 Å². The number of benzene rings is 2. The van der Waals surface area contributed by atoms with E-state index in [9.17, 15) is 9.59 Å². The van der Waals surface area contributed by atoms with Crippen molar-refractivity contribution >= 4 is 33.7 Å². The maximum atomic E-state index is 11.4. The third-order valence-electron chi connectivity index (χ3n) is 2.78. The zero-order valence-electron chi connectivity index (χ0n) is 9.90. The van der Waals surface area contributed by atoms with Crippen LogP contribution in [0.15, 0.2) is 48.5 Å². The van der Waals surface area contributed by atoms with E-state index in [-0.39, 0.29) is 0 Å². The number of hydrogen-bond acceptors (Lipinski definition) is 2. The highest BCUT2D eigenvalue weighted by molar-refractivity contribution is 6.68. The van der Waals surface area contributed by atoms with Gasteiger partial charge in [0.15, 0.2) is 0 Å². The van der Waals surface area contributed by atoms with Crippen molar-refractivity contribution in [2.75, 3.05) is 0 Å². The maximum absolute atomic E-state index is 11.4. The molecule has 19 heavy (non-hydrogen) atoms. The first-order chi connectivity index (χ1) is 9.08. The molecule has 2 rings (SSSR count). The van der Waals surface area contributed by atoms with Gasteiger partial charge in [-0.15, -0.1) is 0 Å². The van der Waals surface area contributed by atoms with Crippen LogP contribution in [0.2, 0.25) is 0 Å². The molecule has 0 radical (unpaired) electrons. The third-order valence-corrected chi connectivity index (χ3v) is 3.20. The summed E-state index contributed by atoms with van der Waals surface area (Å²) in [5.74, 6) is 0. The van der Waals surface area contributed by atoms with Gasteiger partial charge in [0.2, 0.25) is 0 Å². The number of carbonyl (C=O) groups is 2. The van der Waals surface area contributed by atoms with Gasteiger partial charge >= 0.3 is 0 Å². The Morgan fingerprint density at radius 2 is 1.58 bits per heavy atom. The van der Waals surface area contributed by atoms with Crippen molar-refractivity contribution in [2.45, 2.75) is 6.42 Å². The van der Waals surface area contributed by atoms with Crippen LogP contribution in [-0.2, 0) is 6.42 Å². The molecule has 96 valence electrons. The van der Waals surface area contributed by atoms with Crippen LogP contribution in [0.3, 0.4) is 0 Å². The van der Waals surface area contributed by atoms with Gasteiger partial charge in [0, 0.05) is 11.1 Å². The van der Waals surface area contributed by atoms with Crippen molar-refractivity contribution in [2.24, 2.45) is 0 Å². The summed E-state index contributed by atoms with van der Waals surface area (Å²) in [4.78, 5) is 22.6. The molecule has 2 aromatic rings. The molecular formula is C15H10Cl2O2. The largest absolute Gasteiger partial charge is 0.276 e. The van der Waals surface area contributed by atoms with Gasteiger partial charge in [-0.3, -0.25) is 9.59 Å². The van der Waals surface area contributed by atoms with Crippen LogP contribution in [-0.4, -0.2) is 10.5 Å². The highest BCUT2D eigenvalue weighted by Gasteiger charge is 2.12. The smallest absolute Gasteiger partial charge is 0.252 e. The first-order valence-electron chi connectivity index (χ1n) is 5.64. The molecule has 0 aliphatic rings. The van der Waals surface area contributed by atoms with Gasteiger partial charge in [-0.2, -0.15) is 0 Å². The van der Waals surface area contributed by atoms with Crippen LogP contribution in [0.4, 0.5) is 0 Å². The molecule has 0 N–H and O–H groups in total. The zero-order valence-corrected chi connectivity index (χ0v) is 11.4. The molecule has 0 saturated carbocycles. The van der Waals surface area contributed by atoms with E-state index in [2.05, 4.69) is 0 Å². The van der Waals surface area contributed by atoms with Gasteiger partial charge < -0.3 is 0 Å². The molecule has 0 heterocycles. The topological polar surface area (TPSA) is 34.1 Å². The van der Waals surface area contributed by atoms with Gasteiger partial charge in [-0.1, -0.05) is 30.3 Å². The zero-order chi connectivity index (χ0) is 13.8. The molecule has 0 amide bonds. The van der Waals surface area contributed by atoms with Crippen molar-refractivity contribution in [3.8, 4) is 0 Å². The average molecular weight is 293 g/mol. The van der Waals surface area contributed by atoms with Crippen molar-refractivity contribution in [1.29, 1.82) is 0 Å². The van der Waals surface area contributed by atoms with Crippen molar-refractivity contribution in [3.63, 3.8) is 0 Å². The summed E-state index contributed by atoms with van der Waals surface area (Å²) in [6.45, 7) is 0. The molecule has 0 spiro atoms. The third kappa shape index (κ3) is 3.43. The number of rotatable bonds is 4. The molecule has 0 aliphatic carbocycles. The van der Waals surface area contributed by atoms with Gasteiger partial charge in [-0.25, -0.2) is 0 Å².